The monoisotopic (exact) mass is 233 g/mol. The van der Waals surface area contributed by atoms with Gasteiger partial charge < -0.3 is 9.51 Å². The van der Waals surface area contributed by atoms with Crippen LogP contribution in [0.4, 0.5) is 0 Å². The van der Waals surface area contributed by atoms with Crippen molar-refractivity contribution >= 4 is 11.6 Å². The van der Waals surface area contributed by atoms with Gasteiger partial charge in [0.25, 0.3) is 0 Å². The number of aromatic nitrogens is 2. The van der Waals surface area contributed by atoms with E-state index in [4.69, 9.17) is 5.11 Å². The summed E-state index contributed by atoms with van der Waals surface area (Å²) in [5, 5.41) is 8.68. The summed E-state index contributed by atoms with van der Waals surface area (Å²) in [6.45, 7) is 2.57. The van der Waals surface area contributed by atoms with Crippen molar-refractivity contribution in [2.75, 3.05) is 13.6 Å². The zero-order chi connectivity index (χ0) is 12.4. The van der Waals surface area contributed by atoms with E-state index in [0.29, 0.717) is 6.54 Å². The number of pyridine rings is 1. The normalized spacial score (nSPS) is 11.2. The number of nitrogens with zero attached hydrogens (tertiary/aromatic N) is 3. The second-order valence-corrected chi connectivity index (χ2v) is 4.19. The Morgan fingerprint density at radius 2 is 2.29 bits per heavy atom. The maximum Gasteiger partial charge on any atom is 0.317 e. The van der Waals surface area contributed by atoms with E-state index >= 15 is 0 Å². The second kappa shape index (κ2) is 4.55. The van der Waals surface area contributed by atoms with Gasteiger partial charge in [0.15, 0.2) is 0 Å². The smallest absolute Gasteiger partial charge is 0.317 e. The fourth-order valence-electron chi connectivity index (χ4n) is 1.84. The van der Waals surface area contributed by atoms with Crippen molar-refractivity contribution < 1.29 is 9.90 Å². The van der Waals surface area contributed by atoms with Crippen LogP contribution in [0.15, 0.2) is 24.4 Å². The molecule has 0 aromatic carbocycles. The lowest BCUT2D eigenvalue weighted by Gasteiger charge is -2.11. The lowest BCUT2D eigenvalue weighted by Crippen LogP contribution is -2.25. The SMILES string of the molecule is Cc1cccc2nc(CN(C)CC(=O)O)cn12. The molecule has 0 saturated carbocycles. The predicted octanol–water partition coefficient (Wildman–Crippen LogP) is 1.16. The van der Waals surface area contributed by atoms with Gasteiger partial charge in [-0.05, 0) is 26.1 Å². The number of aliphatic carboxylic acids is 1. The molecule has 0 radical (unpaired) electrons. The molecule has 0 bridgehead atoms. The molecule has 0 aliphatic rings. The molecule has 17 heavy (non-hydrogen) atoms. The fourth-order valence-corrected chi connectivity index (χ4v) is 1.84. The van der Waals surface area contributed by atoms with Crippen LogP contribution in [0.5, 0.6) is 0 Å². The average molecular weight is 233 g/mol. The quantitative estimate of drug-likeness (QED) is 0.861. The summed E-state index contributed by atoms with van der Waals surface area (Å²) >= 11 is 0. The average Bonchev–Trinajstić information content (AvgIpc) is 2.60. The maximum absolute atomic E-state index is 10.6. The van der Waals surface area contributed by atoms with Crippen LogP contribution in [-0.4, -0.2) is 39.0 Å². The Morgan fingerprint density at radius 3 is 2.94 bits per heavy atom. The Hall–Kier alpha value is -1.88. The molecule has 2 rings (SSSR count). The second-order valence-electron chi connectivity index (χ2n) is 4.19. The van der Waals surface area contributed by atoms with Crippen molar-refractivity contribution in [2.45, 2.75) is 13.5 Å². The van der Waals surface area contributed by atoms with Crippen LogP contribution in [0.1, 0.15) is 11.4 Å². The van der Waals surface area contributed by atoms with Crippen molar-refractivity contribution in [2.24, 2.45) is 0 Å². The third-order valence-electron chi connectivity index (χ3n) is 2.58. The van der Waals surface area contributed by atoms with Crippen molar-refractivity contribution in [1.29, 1.82) is 0 Å². The van der Waals surface area contributed by atoms with E-state index in [1.54, 1.807) is 11.9 Å². The summed E-state index contributed by atoms with van der Waals surface area (Å²) in [5.74, 6) is -0.826. The summed E-state index contributed by atoms with van der Waals surface area (Å²) in [7, 11) is 1.77. The number of aryl methyl sites for hydroxylation is 1. The summed E-state index contributed by atoms with van der Waals surface area (Å²) in [6.07, 6.45) is 1.95. The first-order valence-corrected chi connectivity index (χ1v) is 5.40. The molecule has 1 N–H and O–H groups in total. The maximum atomic E-state index is 10.6. The first-order chi connectivity index (χ1) is 8.06. The number of carboxylic acids is 1. The number of hydrogen-bond donors (Lipinski definition) is 1. The molecule has 0 amide bonds. The van der Waals surface area contributed by atoms with E-state index < -0.39 is 5.97 Å². The molecule has 90 valence electrons. The van der Waals surface area contributed by atoms with E-state index in [0.717, 1.165) is 17.0 Å². The fraction of sp³-hybridized carbons (Fsp3) is 0.333. The summed E-state index contributed by atoms with van der Waals surface area (Å²) < 4.78 is 2.00. The van der Waals surface area contributed by atoms with Crippen LogP contribution >= 0.6 is 0 Å². The molecule has 0 atom stereocenters. The highest BCUT2D eigenvalue weighted by Crippen LogP contribution is 2.09. The summed E-state index contributed by atoms with van der Waals surface area (Å²) in [5.41, 5.74) is 2.88. The van der Waals surface area contributed by atoms with E-state index in [-0.39, 0.29) is 6.54 Å². The van der Waals surface area contributed by atoms with Gasteiger partial charge in [0, 0.05) is 18.4 Å². The van der Waals surface area contributed by atoms with Gasteiger partial charge in [0.1, 0.15) is 5.65 Å². The molecular weight excluding hydrogens is 218 g/mol. The van der Waals surface area contributed by atoms with Gasteiger partial charge >= 0.3 is 5.97 Å². The summed E-state index contributed by atoms with van der Waals surface area (Å²) in [4.78, 5) is 16.7. The van der Waals surface area contributed by atoms with Crippen molar-refractivity contribution in [3.63, 3.8) is 0 Å². The molecule has 0 saturated heterocycles. The molecule has 0 unspecified atom stereocenters. The number of fused-ring (bicyclic) bond motifs is 1. The largest absolute Gasteiger partial charge is 0.480 e. The number of hydrogen-bond acceptors (Lipinski definition) is 3. The predicted molar refractivity (Wildman–Crippen MR) is 63.9 cm³/mol. The molecule has 0 aliphatic heterocycles. The van der Waals surface area contributed by atoms with Crippen molar-refractivity contribution in [3.8, 4) is 0 Å². The van der Waals surface area contributed by atoms with E-state index in [1.807, 2.05) is 35.7 Å². The molecule has 0 spiro atoms. The topological polar surface area (TPSA) is 57.8 Å². The third kappa shape index (κ3) is 2.62. The lowest BCUT2D eigenvalue weighted by atomic mass is 10.4. The van der Waals surface area contributed by atoms with Gasteiger partial charge in [-0.1, -0.05) is 6.07 Å². The minimum Gasteiger partial charge on any atom is -0.480 e. The molecule has 0 fully saturated rings. The third-order valence-corrected chi connectivity index (χ3v) is 2.58. The van der Waals surface area contributed by atoms with Gasteiger partial charge in [0.05, 0.1) is 12.2 Å². The number of imidazole rings is 1. The zero-order valence-corrected chi connectivity index (χ0v) is 9.92. The van der Waals surface area contributed by atoms with Crippen LogP contribution in [0.25, 0.3) is 5.65 Å². The molecule has 5 nitrogen and oxygen atoms in total. The number of rotatable bonds is 4. The lowest BCUT2D eigenvalue weighted by molar-refractivity contribution is -0.138. The van der Waals surface area contributed by atoms with Crippen LogP contribution in [0.2, 0.25) is 0 Å². The van der Waals surface area contributed by atoms with E-state index in [9.17, 15) is 4.79 Å². The highest BCUT2D eigenvalue weighted by atomic mass is 16.4. The molecule has 2 aromatic rings. The number of carbonyl (C=O) groups is 1. The molecule has 5 heteroatoms. The standard InChI is InChI=1S/C12H15N3O2/c1-9-4-3-5-11-13-10(7-15(9)11)6-14(2)8-12(16)17/h3-5,7H,6,8H2,1-2H3,(H,16,17). The highest BCUT2D eigenvalue weighted by Gasteiger charge is 2.08. The first-order valence-electron chi connectivity index (χ1n) is 5.40. The Bertz CT molecular complexity index is 548. The van der Waals surface area contributed by atoms with Gasteiger partial charge in [0.2, 0.25) is 0 Å². The number of carboxylic acid groups (broad SMARTS) is 1. The van der Waals surface area contributed by atoms with Gasteiger partial charge in [-0.15, -0.1) is 0 Å². The molecular formula is C12H15N3O2. The van der Waals surface area contributed by atoms with Gasteiger partial charge in [-0.3, -0.25) is 9.69 Å². The van der Waals surface area contributed by atoms with E-state index in [1.165, 1.54) is 0 Å². The van der Waals surface area contributed by atoms with Gasteiger partial charge in [-0.25, -0.2) is 4.98 Å². The Balaban J connectivity index is 2.20. The molecule has 2 aromatic heterocycles. The first kappa shape index (κ1) is 11.6. The summed E-state index contributed by atoms with van der Waals surface area (Å²) in [6, 6.07) is 5.91. The Kier molecular flexibility index (Phi) is 3.10. The van der Waals surface area contributed by atoms with Crippen molar-refractivity contribution in [1.82, 2.24) is 14.3 Å². The van der Waals surface area contributed by atoms with Crippen LogP contribution in [-0.2, 0) is 11.3 Å². The van der Waals surface area contributed by atoms with Gasteiger partial charge in [-0.2, -0.15) is 0 Å². The highest BCUT2D eigenvalue weighted by molar-refractivity contribution is 5.69. The van der Waals surface area contributed by atoms with Crippen LogP contribution in [0, 0.1) is 6.92 Å². The van der Waals surface area contributed by atoms with Crippen molar-refractivity contribution in [3.05, 3.63) is 35.8 Å². The van der Waals surface area contributed by atoms with Crippen LogP contribution in [0.3, 0.4) is 0 Å². The molecule has 2 heterocycles. The number of likely N-dealkylation sites (N-methyl/N-ethyl adjacent to an activating group) is 1. The molecule has 0 aliphatic carbocycles. The van der Waals surface area contributed by atoms with E-state index in [2.05, 4.69) is 4.98 Å². The Labute approximate surface area is 99.3 Å². The van der Waals surface area contributed by atoms with Crippen LogP contribution < -0.4 is 0 Å². The minimum absolute atomic E-state index is 0.0207. The minimum atomic E-state index is -0.826. The Morgan fingerprint density at radius 1 is 1.53 bits per heavy atom. The zero-order valence-electron chi connectivity index (χ0n) is 9.92.